The van der Waals surface area contributed by atoms with Crippen LogP contribution in [-0.2, 0) is 6.42 Å². The summed E-state index contributed by atoms with van der Waals surface area (Å²) in [6.45, 7) is 2.24. The van der Waals surface area contributed by atoms with E-state index in [9.17, 15) is 0 Å². The van der Waals surface area contributed by atoms with Crippen molar-refractivity contribution in [2.24, 2.45) is 10.9 Å². The van der Waals surface area contributed by atoms with E-state index in [-0.39, 0.29) is 23.9 Å². The first-order valence-corrected chi connectivity index (χ1v) is 19.4. The number of fused-ring (bicyclic) bond motifs is 10. The number of aryl methyl sites for hydroxylation is 1. The van der Waals surface area contributed by atoms with Gasteiger partial charge in [-0.15, -0.1) is 0 Å². The fraction of sp³-hybridized carbons (Fsp3) is 0.163. The van der Waals surface area contributed by atoms with Gasteiger partial charge in [-0.05, 0) is 53.6 Å². The molecule has 268 valence electrons. The van der Waals surface area contributed by atoms with Crippen molar-refractivity contribution in [3.8, 4) is 0 Å². The predicted octanol–water partition coefficient (Wildman–Crippen LogP) is 12.5. The molecule has 0 fully saturated rings. The number of rotatable bonds is 5. The van der Waals surface area contributed by atoms with Crippen LogP contribution in [0.15, 0.2) is 129 Å². The summed E-state index contributed by atoms with van der Waals surface area (Å²) >= 11 is 0. The van der Waals surface area contributed by atoms with Crippen LogP contribution in [0.2, 0.25) is 0 Å². The first kappa shape index (κ1) is 31.9. The molecule has 55 heavy (non-hydrogen) atoms. The smallest absolute Gasteiger partial charge is 0.141 e. The normalized spacial score (nSPS) is 20.2. The Hall–Kier alpha value is -6.53. The molecular formula is C49H40N4O2. The van der Waals surface area contributed by atoms with Crippen LogP contribution < -0.4 is 16.4 Å². The van der Waals surface area contributed by atoms with Crippen molar-refractivity contribution < 1.29 is 8.83 Å². The van der Waals surface area contributed by atoms with Crippen molar-refractivity contribution in [1.29, 1.82) is 0 Å². The third-order valence-electron chi connectivity index (χ3n) is 12.0. The highest BCUT2D eigenvalue weighted by Crippen LogP contribution is 2.45. The molecule has 6 heteroatoms. The standard InChI is InChI=1S/C49H40N4O2/c1-28(16-17-29-18-19-30-23-26-40(52-45(30)44(29)50)37-12-6-10-35-33-8-2-4-14-42(33)54-48(35)37)39-25-22-31-20-21-32-24-27-41(53-47(32)46(31)51-39)38-13-7-11-36-34-9-3-5-15-43(34)55-49(36)38/h2-11,13-21,23-24,26-28,37,40-41,52-53H,12,22,25,50H2,1H3/b17-16-. The fourth-order valence-corrected chi connectivity index (χ4v) is 9.06. The molecule has 4 aliphatic rings. The summed E-state index contributed by atoms with van der Waals surface area (Å²) in [7, 11) is 0. The van der Waals surface area contributed by atoms with Gasteiger partial charge in [0.25, 0.3) is 0 Å². The second kappa shape index (κ2) is 12.5. The molecule has 7 aromatic rings. The highest BCUT2D eigenvalue weighted by molar-refractivity contribution is 6.06. The van der Waals surface area contributed by atoms with Gasteiger partial charge in [0.1, 0.15) is 22.5 Å². The molecule has 5 heterocycles. The van der Waals surface area contributed by atoms with Crippen LogP contribution in [0.1, 0.15) is 70.9 Å². The molecule has 0 saturated heterocycles. The molecule has 4 atom stereocenters. The Labute approximate surface area is 319 Å². The van der Waals surface area contributed by atoms with E-state index in [1.807, 2.05) is 18.2 Å². The Morgan fingerprint density at radius 1 is 0.764 bits per heavy atom. The summed E-state index contributed by atoms with van der Waals surface area (Å²) in [4.78, 5) is 5.36. The monoisotopic (exact) mass is 716 g/mol. The number of hydrogen-bond acceptors (Lipinski definition) is 6. The van der Waals surface area contributed by atoms with Crippen LogP contribution in [-0.4, -0.2) is 11.8 Å². The number of nitrogens with zero attached hydrogens (tertiary/aromatic N) is 1. The van der Waals surface area contributed by atoms with Gasteiger partial charge in [-0.3, -0.25) is 4.99 Å². The van der Waals surface area contributed by atoms with Crippen molar-refractivity contribution in [2.45, 2.75) is 44.2 Å². The van der Waals surface area contributed by atoms with E-state index in [1.54, 1.807) is 0 Å². The van der Waals surface area contributed by atoms with Crippen LogP contribution in [0.5, 0.6) is 0 Å². The second-order valence-electron chi connectivity index (χ2n) is 15.3. The van der Waals surface area contributed by atoms with Gasteiger partial charge in [0.05, 0.1) is 34.8 Å². The van der Waals surface area contributed by atoms with Gasteiger partial charge in [0.15, 0.2) is 0 Å². The average molecular weight is 717 g/mol. The van der Waals surface area contributed by atoms with E-state index in [2.05, 4.69) is 139 Å². The summed E-state index contributed by atoms with van der Waals surface area (Å²) in [5, 5.41) is 11.1. The molecular weight excluding hydrogens is 677 g/mol. The maximum atomic E-state index is 6.94. The third-order valence-corrected chi connectivity index (χ3v) is 12.0. The largest absolute Gasteiger partial charge is 0.460 e. The number of aliphatic imine (C=N–C) groups is 1. The number of allylic oxidation sites excluding steroid dienone is 2. The molecule has 4 N–H and O–H groups in total. The van der Waals surface area contributed by atoms with Crippen molar-refractivity contribution in [3.63, 3.8) is 0 Å². The van der Waals surface area contributed by atoms with Gasteiger partial charge < -0.3 is 25.2 Å². The fourth-order valence-electron chi connectivity index (χ4n) is 9.06. The predicted molar refractivity (Wildman–Crippen MR) is 229 cm³/mol. The lowest BCUT2D eigenvalue weighted by atomic mass is 9.84. The van der Waals surface area contributed by atoms with E-state index >= 15 is 0 Å². The van der Waals surface area contributed by atoms with Gasteiger partial charge in [-0.25, -0.2) is 0 Å². The quantitative estimate of drug-likeness (QED) is 0.154. The summed E-state index contributed by atoms with van der Waals surface area (Å²) in [6.07, 6.45) is 20.6. The zero-order valence-corrected chi connectivity index (χ0v) is 30.6. The molecule has 3 aliphatic heterocycles. The summed E-state index contributed by atoms with van der Waals surface area (Å²) in [5.74, 6) is 1.35. The molecule has 6 nitrogen and oxygen atoms in total. The first-order chi connectivity index (χ1) is 27.1. The number of benzene rings is 5. The van der Waals surface area contributed by atoms with E-state index in [4.69, 9.17) is 19.6 Å². The van der Waals surface area contributed by atoms with Crippen molar-refractivity contribution >= 4 is 85.7 Å². The Kier molecular flexibility index (Phi) is 7.28. The molecule has 4 unspecified atom stereocenters. The third kappa shape index (κ3) is 5.19. The minimum absolute atomic E-state index is 0.0356. The van der Waals surface area contributed by atoms with Gasteiger partial charge in [-0.1, -0.05) is 134 Å². The van der Waals surface area contributed by atoms with Crippen LogP contribution in [0.25, 0.3) is 57.2 Å². The van der Waals surface area contributed by atoms with Gasteiger partial charge in [-0.2, -0.15) is 0 Å². The van der Waals surface area contributed by atoms with Gasteiger partial charge >= 0.3 is 0 Å². The van der Waals surface area contributed by atoms with Crippen LogP contribution in [0, 0.1) is 5.92 Å². The van der Waals surface area contributed by atoms with Crippen LogP contribution in [0.4, 0.5) is 22.7 Å². The molecule has 0 amide bonds. The minimum Gasteiger partial charge on any atom is -0.460 e. The van der Waals surface area contributed by atoms with E-state index in [0.717, 1.165) is 97.5 Å². The second-order valence-corrected chi connectivity index (χ2v) is 15.3. The van der Waals surface area contributed by atoms with Crippen LogP contribution in [0.3, 0.4) is 0 Å². The van der Waals surface area contributed by atoms with Crippen molar-refractivity contribution in [3.05, 3.63) is 154 Å². The molecule has 0 spiro atoms. The lowest BCUT2D eigenvalue weighted by Gasteiger charge is -2.31. The molecule has 0 radical (unpaired) electrons. The maximum absolute atomic E-state index is 6.94. The maximum Gasteiger partial charge on any atom is 0.141 e. The highest BCUT2D eigenvalue weighted by atomic mass is 16.3. The number of anilines is 3. The summed E-state index contributed by atoms with van der Waals surface area (Å²) in [6, 6.07) is 31.8. The Morgan fingerprint density at radius 3 is 2.45 bits per heavy atom. The van der Waals surface area contributed by atoms with Gasteiger partial charge in [0, 0.05) is 44.8 Å². The molecule has 1 aliphatic carbocycles. The van der Waals surface area contributed by atoms with Crippen molar-refractivity contribution in [1.82, 2.24) is 0 Å². The zero-order valence-electron chi connectivity index (χ0n) is 30.6. The van der Waals surface area contributed by atoms with Crippen molar-refractivity contribution in [2.75, 3.05) is 16.4 Å². The molecule has 0 saturated carbocycles. The number of nitrogen functional groups attached to an aromatic ring is 1. The minimum atomic E-state index is -0.0356. The Bertz CT molecular complexity index is 2860. The molecule has 2 aromatic heterocycles. The molecule has 11 rings (SSSR count). The SMILES string of the molecule is CC(/C=C\c1ccc2c(c1N)NC(C1CC=Cc3c1oc1ccccc31)C=C2)C1=Nc2c(ccc3c2NC(c2cccc4c2oc2ccccc24)C=C3)CC1. The topological polar surface area (TPSA) is 88.7 Å². The van der Waals surface area contributed by atoms with E-state index < -0.39 is 0 Å². The summed E-state index contributed by atoms with van der Waals surface area (Å²) < 4.78 is 12.8. The van der Waals surface area contributed by atoms with Gasteiger partial charge in [0.2, 0.25) is 0 Å². The molecule has 0 bridgehead atoms. The lowest BCUT2D eigenvalue weighted by molar-refractivity contribution is 0.471. The van der Waals surface area contributed by atoms with E-state index in [1.165, 1.54) is 22.2 Å². The first-order valence-electron chi connectivity index (χ1n) is 19.4. The van der Waals surface area contributed by atoms with Crippen LogP contribution >= 0.6 is 0 Å². The number of furan rings is 2. The number of nitrogens with one attached hydrogen (secondary N) is 2. The Morgan fingerprint density at radius 2 is 1.55 bits per heavy atom. The number of para-hydroxylation sites is 3. The number of nitrogens with two attached hydrogens (primary N) is 1. The highest BCUT2D eigenvalue weighted by Gasteiger charge is 2.32. The Balaban J connectivity index is 0.853. The molecule has 5 aromatic carbocycles. The summed E-state index contributed by atoms with van der Waals surface area (Å²) in [5.41, 5.74) is 21.6. The van der Waals surface area contributed by atoms with E-state index in [0.29, 0.717) is 0 Å². The lowest BCUT2D eigenvalue weighted by Crippen LogP contribution is -2.29. The zero-order chi connectivity index (χ0) is 36.6. The average Bonchev–Trinajstić information content (AvgIpc) is 3.82. The number of hydrogen-bond donors (Lipinski definition) is 3.